The van der Waals surface area contributed by atoms with E-state index in [4.69, 9.17) is 10.5 Å². The Morgan fingerprint density at radius 2 is 1.76 bits per heavy atom. The minimum atomic E-state index is -0.208. The van der Waals surface area contributed by atoms with Crippen LogP contribution in [0.25, 0.3) is 0 Å². The van der Waals surface area contributed by atoms with Gasteiger partial charge in [0.25, 0.3) is 0 Å². The first-order valence-electron chi connectivity index (χ1n) is 6.62. The van der Waals surface area contributed by atoms with Gasteiger partial charge in [-0.2, -0.15) is 0 Å². The molecule has 0 spiro atoms. The molecule has 0 aliphatic heterocycles. The molecule has 3 N–H and O–H groups in total. The number of hydrogen-bond donors (Lipinski definition) is 2. The second-order valence-corrected chi connectivity index (χ2v) is 4.59. The van der Waals surface area contributed by atoms with Gasteiger partial charge in [-0.05, 0) is 42.0 Å². The number of methoxy groups -OCH3 is 1. The number of nitrogens with zero attached hydrogens (tertiary/aromatic N) is 1. The molecule has 0 heterocycles. The number of benzene rings is 2. The summed E-state index contributed by atoms with van der Waals surface area (Å²) in [5, 5.41) is 2.83. The molecule has 0 aliphatic carbocycles. The monoisotopic (exact) mass is 285 g/mol. The summed E-state index contributed by atoms with van der Waals surface area (Å²) in [6.45, 7) is 0.486. The number of nitrogens with two attached hydrogens (primary N) is 1. The molecular weight excluding hydrogens is 266 g/mol. The van der Waals surface area contributed by atoms with E-state index < -0.39 is 0 Å². The molecule has 2 aromatic rings. The first-order valence-corrected chi connectivity index (χ1v) is 6.62. The Hall–Kier alpha value is -2.53. The summed E-state index contributed by atoms with van der Waals surface area (Å²) in [5.74, 6) is 0.755. The summed E-state index contributed by atoms with van der Waals surface area (Å²) >= 11 is 0. The maximum absolute atomic E-state index is 12.2. The van der Waals surface area contributed by atoms with E-state index in [1.165, 1.54) is 4.90 Å². The van der Waals surface area contributed by atoms with Crippen molar-refractivity contribution in [1.82, 2.24) is 0 Å². The number of anilines is 2. The highest BCUT2D eigenvalue weighted by Crippen LogP contribution is 2.19. The molecule has 5 nitrogen and oxygen atoms in total. The Morgan fingerprint density at radius 3 is 2.29 bits per heavy atom. The molecule has 0 aliphatic rings. The van der Waals surface area contributed by atoms with Crippen molar-refractivity contribution in [3.63, 3.8) is 0 Å². The third-order valence-corrected chi connectivity index (χ3v) is 3.21. The molecule has 110 valence electrons. The van der Waals surface area contributed by atoms with Crippen LogP contribution in [-0.2, 0) is 6.54 Å². The molecule has 0 bridgehead atoms. The molecule has 0 saturated heterocycles. The number of carbonyl (C=O) groups excluding carboxylic acids is 1. The molecule has 2 amide bonds. The average Bonchev–Trinajstić information content (AvgIpc) is 2.55. The lowest BCUT2D eigenvalue weighted by molar-refractivity contribution is 0.258. The van der Waals surface area contributed by atoms with Gasteiger partial charge in [0.1, 0.15) is 5.75 Å². The van der Waals surface area contributed by atoms with E-state index in [-0.39, 0.29) is 6.03 Å². The highest BCUT2D eigenvalue weighted by molar-refractivity contribution is 6.01. The predicted octanol–water partition coefficient (Wildman–Crippen LogP) is 2.82. The lowest BCUT2D eigenvalue weighted by atomic mass is 10.2. The summed E-state index contributed by atoms with van der Waals surface area (Å²) < 4.78 is 5.10. The molecule has 2 aromatic carbocycles. The van der Waals surface area contributed by atoms with E-state index in [2.05, 4.69) is 5.32 Å². The number of rotatable bonds is 4. The van der Waals surface area contributed by atoms with E-state index in [0.717, 1.165) is 22.7 Å². The molecule has 0 fully saturated rings. The molecule has 0 unspecified atom stereocenters. The fourth-order valence-electron chi connectivity index (χ4n) is 1.85. The fourth-order valence-corrected chi connectivity index (χ4v) is 1.85. The molecule has 0 saturated carbocycles. The lowest BCUT2D eigenvalue weighted by Gasteiger charge is -2.18. The van der Waals surface area contributed by atoms with Gasteiger partial charge in [0.05, 0.1) is 7.11 Å². The van der Waals surface area contributed by atoms with Crippen molar-refractivity contribution < 1.29 is 9.53 Å². The van der Waals surface area contributed by atoms with Crippen LogP contribution in [0.4, 0.5) is 16.2 Å². The van der Waals surface area contributed by atoms with E-state index in [9.17, 15) is 4.79 Å². The van der Waals surface area contributed by atoms with Crippen LogP contribution in [0.3, 0.4) is 0 Å². The van der Waals surface area contributed by atoms with Gasteiger partial charge in [-0.15, -0.1) is 0 Å². The minimum Gasteiger partial charge on any atom is -0.497 e. The Balaban J connectivity index is 2.03. The Labute approximate surface area is 124 Å². The zero-order valence-corrected chi connectivity index (χ0v) is 12.2. The quantitative estimate of drug-likeness (QED) is 0.907. The largest absolute Gasteiger partial charge is 0.497 e. The van der Waals surface area contributed by atoms with Crippen molar-refractivity contribution in [3.8, 4) is 5.75 Å². The van der Waals surface area contributed by atoms with Crippen LogP contribution in [0, 0.1) is 0 Å². The van der Waals surface area contributed by atoms with Crippen LogP contribution in [-0.4, -0.2) is 20.2 Å². The van der Waals surface area contributed by atoms with Crippen LogP contribution in [0.2, 0.25) is 0 Å². The van der Waals surface area contributed by atoms with Gasteiger partial charge < -0.3 is 15.8 Å². The van der Waals surface area contributed by atoms with E-state index in [1.54, 1.807) is 14.2 Å². The third kappa shape index (κ3) is 3.73. The summed E-state index contributed by atoms with van der Waals surface area (Å²) in [6.07, 6.45) is 0. The summed E-state index contributed by atoms with van der Waals surface area (Å²) in [7, 11) is 3.32. The zero-order valence-electron chi connectivity index (χ0n) is 12.2. The first kappa shape index (κ1) is 14.9. The standard InChI is InChI=1S/C16H19N3O2/c1-19(14-7-9-15(21-2)10-8-14)16(20)18-13-5-3-12(11-17)4-6-13/h3-10H,11,17H2,1-2H3,(H,18,20). The van der Waals surface area contributed by atoms with Gasteiger partial charge in [-0.1, -0.05) is 12.1 Å². The summed E-state index contributed by atoms with van der Waals surface area (Å²) in [4.78, 5) is 13.7. The average molecular weight is 285 g/mol. The number of nitrogens with one attached hydrogen (secondary N) is 1. The van der Waals surface area contributed by atoms with Crippen LogP contribution in [0.1, 0.15) is 5.56 Å². The van der Waals surface area contributed by atoms with E-state index in [1.807, 2.05) is 48.5 Å². The van der Waals surface area contributed by atoms with E-state index >= 15 is 0 Å². The minimum absolute atomic E-state index is 0.208. The van der Waals surface area contributed by atoms with Crippen molar-refractivity contribution in [2.45, 2.75) is 6.54 Å². The van der Waals surface area contributed by atoms with Crippen molar-refractivity contribution in [2.24, 2.45) is 5.73 Å². The second-order valence-electron chi connectivity index (χ2n) is 4.59. The maximum atomic E-state index is 12.2. The van der Waals surface area contributed by atoms with Crippen LogP contribution >= 0.6 is 0 Å². The Bertz CT molecular complexity index is 594. The lowest BCUT2D eigenvalue weighted by Crippen LogP contribution is -2.31. The number of carbonyl (C=O) groups is 1. The topological polar surface area (TPSA) is 67.6 Å². The molecular formula is C16H19N3O2. The normalized spacial score (nSPS) is 10.0. The molecule has 21 heavy (non-hydrogen) atoms. The molecule has 0 radical (unpaired) electrons. The Morgan fingerprint density at radius 1 is 1.14 bits per heavy atom. The van der Waals surface area contributed by atoms with Crippen molar-refractivity contribution in [1.29, 1.82) is 0 Å². The number of hydrogen-bond acceptors (Lipinski definition) is 3. The maximum Gasteiger partial charge on any atom is 0.326 e. The van der Waals surface area contributed by atoms with Gasteiger partial charge >= 0.3 is 6.03 Å². The number of urea groups is 1. The zero-order chi connectivity index (χ0) is 15.2. The SMILES string of the molecule is COc1ccc(N(C)C(=O)Nc2ccc(CN)cc2)cc1. The Kier molecular flexibility index (Phi) is 4.79. The first-order chi connectivity index (χ1) is 10.1. The van der Waals surface area contributed by atoms with Crippen molar-refractivity contribution in [2.75, 3.05) is 24.4 Å². The smallest absolute Gasteiger partial charge is 0.326 e. The van der Waals surface area contributed by atoms with Crippen LogP contribution in [0.15, 0.2) is 48.5 Å². The predicted molar refractivity (Wildman–Crippen MR) is 84.7 cm³/mol. The van der Waals surface area contributed by atoms with Gasteiger partial charge in [-0.3, -0.25) is 4.90 Å². The highest BCUT2D eigenvalue weighted by Gasteiger charge is 2.10. The second kappa shape index (κ2) is 6.76. The number of amides is 2. The molecule has 5 heteroatoms. The van der Waals surface area contributed by atoms with Crippen LogP contribution < -0.4 is 20.7 Å². The van der Waals surface area contributed by atoms with Gasteiger partial charge in [0, 0.05) is 25.0 Å². The highest BCUT2D eigenvalue weighted by atomic mass is 16.5. The molecule has 2 rings (SSSR count). The van der Waals surface area contributed by atoms with Gasteiger partial charge in [-0.25, -0.2) is 4.79 Å². The van der Waals surface area contributed by atoms with Gasteiger partial charge in [0.15, 0.2) is 0 Å². The van der Waals surface area contributed by atoms with Crippen molar-refractivity contribution >= 4 is 17.4 Å². The number of ether oxygens (including phenoxy) is 1. The summed E-state index contributed by atoms with van der Waals surface area (Å²) in [6, 6.07) is 14.5. The summed E-state index contributed by atoms with van der Waals surface area (Å²) in [5.41, 5.74) is 8.09. The molecule has 0 atom stereocenters. The van der Waals surface area contributed by atoms with E-state index in [0.29, 0.717) is 6.54 Å². The molecule has 0 aromatic heterocycles. The van der Waals surface area contributed by atoms with Crippen LogP contribution in [0.5, 0.6) is 5.75 Å². The fraction of sp³-hybridized carbons (Fsp3) is 0.188. The van der Waals surface area contributed by atoms with Crippen molar-refractivity contribution in [3.05, 3.63) is 54.1 Å². The third-order valence-electron chi connectivity index (χ3n) is 3.21. The van der Waals surface area contributed by atoms with Gasteiger partial charge in [0.2, 0.25) is 0 Å².